The van der Waals surface area contributed by atoms with Crippen LogP contribution in [0.3, 0.4) is 0 Å². The Morgan fingerprint density at radius 3 is 2.18 bits per heavy atom. The van der Waals surface area contributed by atoms with Crippen LogP contribution in [0.5, 0.6) is 17.2 Å². The predicted octanol–water partition coefficient (Wildman–Crippen LogP) is 2.38. The number of amides is 2. The van der Waals surface area contributed by atoms with Crippen molar-refractivity contribution in [2.75, 3.05) is 19.5 Å². The lowest BCUT2D eigenvalue weighted by Gasteiger charge is -2.13. The first-order chi connectivity index (χ1) is 13.3. The lowest BCUT2D eigenvalue weighted by atomic mass is 10.1. The fourth-order valence-electron chi connectivity index (χ4n) is 2.39. The van der Waals surface area contributed by atoms with Gasteiger partial charge in [0.25, 0.3) is 5.91 Å². The molecule has 0 saturated heterocycles. The quantitative estimate of drug-likeness (QED) is 0.430. The highest BCUT2D eigenvalue weighted by Gasteiger charge is 2.15. The summed E-state index contributed by atoms with van der Waals surface area (Å²) in [6.07, 6.45) is 2.79. The molecule has 3 N–H and O–H groups in total. The van der Waals surface area contributed by atoms with Crippen molar-refractivity contribution in [3.63, 3.8) is 0 Å². The van der Waals surface area contributed by atoms with Crippen LogP contribution >= 0.6 is 0 Å². The summed E-state index contributed by atoms with van der Waals surface area (Å²) in [7, 11) is 2.84. The number of anilines is 1. The Morgan fingerprint density at radius 2 is 1.64 bits per heavy atom. The van der Waals surface area contributed by atoms with Gasteiger partial charge in [-0.25, -0.2) is 0 Å². The molecule has 0 heterocycles. The van der Waals surface area contributed by atoms with Gasteiger partial charge in [-0.15, -0.1) is 0 Å². The molecule has 8 heteroatoms. The Morgan fingerprint density at radius 1 is 1.04 bits per heavy atom. The summed E-state index contributed by atoms with van der Waals surface area (Å²) >= 11 is 0. The topological polar surface area (TPSA) is 117 Å². The van der Waals surface area contributed by atoms with Gasteiger partial charge in [0.2, 0.25) is 11.7 Å². The lowest BCUT2D eigenvalue weighted by Crippen LogP contribution is -2.16. The maximum absolute atomic E-state index is 12.2. The van der Waals surface area contributed by atoms with Gasteiger partial charge in [0.05, 0.1) is 25.5 Å². The monoisotopic (exact) mass is 384 g/mol. The van der Waals surface area contributed by atoms with Gasteiger partial charge in [0.1, 0.15) is 0 Å². The molecule has 2 rings (SSSR count). The number of primary amides is 1. The van der Waals surface area contributed by atoms with E-state index in [9.17, 15) is 14.4 Å². The van der Waals surface area contributed by atoms with Crippen molar-refractivity contribution in [2.45, 2.75) is 6.92 Å². The number of hydrogen-bond acceptors (Lipinski definition) is 6. The number of nitrogens with one attached hydrogen (secondary N) is 1. The summed E-state index contributed by atoms with van der Waals surface area (Å²) in [6, 6.07) is 9.59. The van der Waals surface area contributed by atoms with Crippen molar-refractivity contribution in [3.8, 4) is 17.2 Å². The van der Waals surface area contributed by atoms with E-state index in [0.717, 1.165) is 0 Å². The van der Waals surface area contributed by atoms with Crippen molar-refractivity contribution in [3.05, 3.63) is 53.6 Å². The first-order valence-corrected chi connectivity index (χ1v) is 8.18. The summed E-state index contributed by atoms with van der Waals surface area (Å²) < 4.78 is 15.6. The minimum atomic E-state index is -0.643. The van der Waals surface area contributed by atoms with Crippen LogP contribution in [0.2, 0.25) is 0 Å². The van der Waals surface area contributed by atoms with E-state index in [1.807, 2.05) is 0 Å². The molecule has 2 aromatic rings. The molecular formula is C20H20N2O6. The number of carbonyl (C=O) groups is 3. The molecule has 28 heavy (non-hydrogen) atoms. The highest BCUT2D eigenvalue weighted by Crippen LogP contribution is 2.39. The van der Waals surface area contributed by atoms with Gasteiger partial charge in [-0.05, 0) is 35.9 Å². The zero-order chi connectivity index (χ0) is 20.7. The molecule has 0 fully saturated rings. The first kappa shape index (κ1) is 20.5. The van der Waals surface area contributed by atoms with Crippen LogP contribution < -0.4 is 25.3 Å². The highest BCUT2D eigenvalue weighted by atomic mass is 16.6. The van der Waals surface area contributed by atoms with E-state index in [1.54, 1.807) is 30.3 Å². The third-order valence-corrected chi connectivity index (χ3v) is 3.61. The molecule has 0 aliphatic heterocycles. The van der Waals surface area contributed by atoms with Gasteiger partial charge in [0.15, 0.2) is 11.5 Å². The Hall–Kier alpha value is -3.81. The Labute approximate surface area is 161 Å². The van der Waals surface area contributed by atoms with Crippen LogP contribution in [0, 0.1) is 0 Å². The molecule has 8 nitrogen and oxygen atoms in total. The minimum absolute atomic E-state index is 0.148. The van der Waals surface area contributed by atoms with Gasteiger partial charge >= 0.3 is 5.97 Å². The third kappa shape index (κ3) is 5.10. The zero-order valence-corrected chi connectivity index (χ0v) is 15.6. The molecule has 0 aromatic heterocycles. The fraction of sp³-hybridized carbons (Fsp3) is 0.150. The average molecular weight is 384 g/mol. The van der Waals surface area contributed by atoms with E-state index in [0.29, 0.717) is 11.3 Å². The number of benzene rings is 2. The summed E-state index contributed by atoms with van der Waals surface area (Å²) in [4.78, 5) is 34.9. The van der Waals surface area contributed by atoms with Gasteiger partial charge in [-0.3, -0.25) is 14.4 Å². The van der Waals surface area contributed by atoms with Crippen LogP contribution in [0.4, 0.5) is 5.69 Å². The van der Waals surface area contributed by atoms with Gasteiger partial charge in [-0.1, -0.05) is 12.1 Å². The van der Waals surface area contributed by atoms with Gasteiger partial charge in [0, 0.05) is 13.0 Å². The Kier molecular flexibility index (Phi) is 6.75. The second-order valence-corrected chi connectivity index (χ2v) is 5.58. The number of hydrogen-bond donors (Lipinski definition) is 2. The van der Waals surface area contributed by atoms with E-state index >= 15 is 0 Å². The Balaban J connectivity index is 2.25. The largest absolute Gasteiger partial charge is 0.493 e. The normalized spacial score (nSPS) is 10.4. The second kappa shape index (κ2) is 9.22. The molecule has 2 amide bonds. The molecule has 0 radical (unpaired) electrons. The SMILES string of the molecule is COc1cc(/C=C/C(=O)Nc2ccccc2C(N)=O)cc(OC)c1OC(C)=O. The first-order valence-electron chi connectivity index (χ1n) is 8.18. The number of rotatable bonds is 7. The number of para-hydroxylation sites is 1. The van der Waals surface area contributed by atoms with Crippen LogP contribution in [-0.4, -0.2) is 32.0 Å². The van der Waals surface area contributed by atoms with Crippen molar-refractivity contribution in [1.82, 2.24) is 0 Å². The molecule has 0 aliphatic rings. The van der Waals surface area contributed by atoms with Crippen molar-refractivity contribution >= 4 is 29.5 Å². The smallest absolute Gasteiger partial charge is 0.308 e. The van der Waals surface area contributed by atoms with Crippen LogP contribution in [0.1, 0.15) is 22.8 Å². The van der Waals surface area contributed by atoms with E-state index < -0.39 is 17.8 Å². The van der Waals surface area contributed by atoms with E-state index in [4.69, 9.17) is 19.9 Å². The molecule has 0 spiro atoms. The molecule has 0 atom stereocenters. The summed E-state index contributed by atoms with van der Waals surface area (Å²) in [5, 5.41) is 2.60. The molecule has 146 valence electrons. The number of methoxy groups -OCH3 is 2. The predicted molar refractivity (Wildman–Crippen MR) is 103 cm³/mol. The molecule has 0 aliphatic carbocycles. The van der Waals surface area contributed by atoms with Crippen molar-refractivity contribution in [1.29, 1.82) is 0 Å². The van der Waals surface area contributed by atoms with Crippen molar-refractivity contribution in [2.24, 2.45) is 5.73 Å². The zero-order valence-electron chi connectivity index (χ0n) is 15.6. The van der Waals surface area contributed by atoms with E-state index in [-0.39, 0.29) is 22.8 Å². The fourth-order valence-corrected chi connectivity index (χ4v) is 2.39. The average Bonchev–Trinajstić information content (AvgIpc) is 2.66. The van der Waals surface area contributed by atoms with Crippen LogP contribution in [0.15, 0.2) is 42.5 Å². The minimum Gasteiger partial charge on any atom is -0.493 e. The standard InChI is InChI=1S/C20H20N2O6/c1-12(23)28-19-16(26-2)10-13(11-17(19)27-3)8-9-18(24)22-15-7-5-4-6-14(15)20(21)25/h4-11H,1-3H3,(H2,21,25)(H,22,24)/b9-8+. The van der Waals surface area contributed by atoms with Crippen LogP contribution in [0.25, 0.3) is 6.08 Å². The molecular weight excluding hydrogens is 364 g/mol. The molecule has 0 unspecified atom stereocenters. The number of ether oxygens (including phenoxy) is 3. The maximum Gasteiger partial charge on any atom is 0.308 e. The maximum atomic E-state index is 12.2. The van der Waals surface area contributed by atoms with Crippen LogP contribution in [-0.2, 0) is 9.59 Å². The lowest BCUT2D eigenvalue weighted by molar-refractivity contribution is -0.132. The summed E-state index contributed by atoms with van der Waals surface area (Å²) in [5.41, 5.74) is 6.39. The molecule has 0 saturated carbocycles. The van der Waals surface area contributed by atoms with Crippen molar-refractivity contribution < 1.29 is 28.6 Å². The summed E-state index contributed by atoms with van der Waals surface area (Å²) in [6.45, 7) is 1.26. The molecule has 2 aromatic carbocycles. The Bertz CT molecular complexity index is 911. The van der Waals surface area contributed by atoms with E-state index in [1.165, 1.54) is 39.4 Å². The second-order valence-electron chi connectivity index (χ2n) is 5.58. The van der Waals surface area contributed by atoms with E-state index in [2.05, 4.69) is 5.32 Å². The third-order valence-electron chi connectivity index (χ3n) is 3.61. The molecule has 0 bridgehead atoms. The summed E-state index contributed by atoms with van der Waals surface area (Å²) in [5.74, 6) is -0.935. The number of carbonyl (C=O) groups excluding carboxylic acids is 3. The van der Waals surface area contributed by atoms with Gasteiger partial charge in [-0.2, -0.15) is 0 Å². The highest BCUT2D eigenvalue weighted by molar-refractivity contribution is 6.07. The number of nitrogens with two attached hydrogens (primary N) is 1. The van der Waals surface area contributed by atoms with Gasteiger partial charge < -0.3 is 25.3 Å². The number of esters is 1.